The molecule has 0 aromatic heterocycles. The number of carbonyl (C=O) groups is 2. The number of benzene rings is 1. The van der Waals surface area contributed by atoms with E-state index >= 15 is 0 Å². The molecule has 0 saturated carbocycles. The lowest BCUT2D eigenvalue weighted by atomic mass is 10.1. The Morgan fingerprint density at radius 3 is 2.43 bits per heavy atom. The first-order valence-electron chi connectivity index (χ1n) is 9.24. The van der Waals surface area contributed by atoms with E-state index in [1.54, 1.807) is 44.2 Å². The number of carbonyl (C=O) groups excluding carboxylic acids is 2. The second-order valence-electron chi connectivity index (χ2n) is 7.45. The molecule has 10 nitrogen and oxygen atoms in total. The Hall–Kier alpha value is -2.05. The molecule has 1 aromatic rings. The second-order valence-corrected chi connectivity index (χ2v) is 9.05. The molecular formula is C19H24O10S. The van der Waals surface area contributed by atoms with E-state index in [0.717, 1.165) is 6.26 Å². The van der Waals surface area contributed by atoms with Gasteiger partial charge < -0.3 is 23.7 Å². The molecule has 0 bridgehead atoms. The Bertz CT molecular complexity index is 882. The molecule has 0 aliphatic carbocycles. The lowest BCUT2D eigenvalue weighted by Gasteiger charge is -2.29. The highest BCUT2D eigenvalue weighted by Gasteiger charge is 2.59. The van der Waals surface area contributed by atoms with Gasteiger partial charge in [-0.2, -0.15) is 8.42 Å². The minimum absolute atomic E-state index is 0.282. The zero-order valence-electron chi connectivity index (χ0n) is 17.0. The lowest BCUT2D eigenvalue weighted by Crippen LogP contribution is -2.47. The van der Waals surface area contributed by atoms with E-state index in [1.165, 1.54) is 6.92 Å². The number of rotatable bonds is 7. The summed E-state index contributed by atoms with van der Waals surface area (Å²) in [4.78, 5) is 23.9. The third-order valence-electron chi connectivity index (χ3n) is 4.38. The number of hydrogen-bond acceptors (Lipinski definition) is 10. The van der Waals surface area contributed by atoms with Gasteiger partial charge in [0.2, 0.25) is 0 Å². The fourth-order valence-electron chi connectivity index (χ4n) is 3.35. The Balaban J connectivity index is 1.79. The third-order valence-corrected chi connectivity index (χ3v) is 4.98. The summed E-state index contributed by atoms with van der Waals surface area (Å²) in [5, 5.41) is 0. The third kappa shape index (κ3) is 5.55. The highest BCUT2D eigenvalue weighted by molar-refractivity contribution is 7.86. The quantitative estimate of drug-likeness (QED) is 0.444. The van der Waals surface area contributed by atoms with E-state index in [2.05, 4.69) is 0 Å². The van der Waals surface area contributed by atoms with Gasteiger partial charge in [-0.15, -0.1) is 0 Å². The van der Waals surface area contributed by atoms with Crippen molar-refractivity contribution in [3.8, 4) is 0 Å². The zero-order chi connectivity index (χ0) is 22.1. The number of ether oxygens (including phenoxy) is 5. The van der Waals surface area contributed by atoms with Crippen molar-refractivity contribution in [3.63, 3.8) is 0 Å². The number of fused-ring (bicyclic) bond motifs is 1. The number of esters is 2. The second kappa shape index (κ2) is 8.60. The van der Waals surface area contributed by atoms with Crippen molar-refractivity contribution < 1.29 is 45.9 Å². The molecule has 2 heterocycles. The summed E-state index contributed by atoms with van der Waals surface area (Å²) in [5.74, 6) is -2.28. The van der Waals surface area contributed by atoms with Gasteiger partial charge in [-0.25, -0.2) is 4.79 Å². The zero-order valence-corrected chi connectivity index (χ0v) is 17.8. The minimum Gasteiger partial charge on any atom is -0.459 e. The maximum Gasteiger partial charge on any atom is 0.338 e. The highest BCUT2D eigenvalue weighted by Crippen LogP contribution is 2.40. The van der Waals surface area contributed by atoms with Crippen LogP contribution in [0.4, 0.5) is 0 Å². The summed E-state index contributed by atoms with van der Waals surface area (Å²) >= 11 is 0. The Kier molecular flexibility index (Phi) is 6.48. The molecule has 1 aromatic carbocycles. The van der Waals surface area contributed by atoms with Crippen molar-refractivity contribution in [3.05, 3.63) is 35.9 Å². The van der Waals surface area contributed by atoms with Crippen LogP contribution < -0.4 is 0 Å². The van der Waals surface area contributed by atoms with Crippen LogP contribution in [0.25, 0.3) is 0 Å². The van der Waals surface area contributed by atoms with Gasteiger partial charge in [0.1, 0.15) is 18.8 Å². The van der Waals surface area contributed by atoms with Gasteiger partial charge in [-0.3, -0.25) is 8.98 Å². The average Bonchev–Trinajstić information content (AvgIpc) is 3.10. The molecule has 2 aliphatic heterocycles. The summed E-state index contributed by atoms with van der Waals surface area (Å²) in [6.45, 7) is 4.07. The van der Waals surface area contributed by atoms with Gasteiger partial charge in [0.15, 0.2) is 24.3 Å². The molecule has 5 atom stereocenters. The standard InChI is InChI=1S/C19H24O10S/c1-11(20)25-15-14(26-18-16(15)27-19(2,3)28-18)13(29-30(4,22)23)10-24-17(21)12-8-6-5-7-9-12/h5-9,13-16,18H,10H2,1-4H3/t13-,14?,15+,16+,18+/m1/s1. The maximum atomic E-state index is 12.3. The topological polar surface area (TPSA) is 124 Å². The first-order valence-corrected chi connectivity index (χ1v) is 11.1. The van der Waals surface area contributed by atoms with Crippen molar-refractivity contribution in [1.82, 2.24) is 0 Å². The van der Waals surface area contributed by atoms with Crippen LogP contribution in [-0.4, -0.2) is 69.7 Å². The molecule has 30 heavy (non-hydrogen) atoms. The Morgan fingerprint density at radius 2 is 1.83 bits per heavy atom. The van der Waals surface area contributed by atoms with Crippen LogP contribution >= 0.6 is 0 Å². The van der Waals surface area contributed by atoms with E-state index in [4.69, 9.17) is 27.9 Å². The molecular weight excluding hydrogens is 420 g/mol. The predicted molar refractivity (Wildman–Crippen MR) is 101 cm³/mol. The van der Waals surface area contributed by atoms with Gasteiger partial charge in [-0.05, 0) is 26.0 Å². The fourth-order valence-corrected chi connectivity index (χ4v) is 3.96. The molecule has 0 radical (unpaired) electrons. The normalized spacial score (nSPS) is 28.5. The van der Waals surface area contributed by atoms with Crippen LogP contribution in [0.15, 0.2) is 30.3 Å². The lowest BCUT2D eigenvalue weighted by molar-refractivity contribution is -0.228. The summed E-state index contributed by atoms with van der Waals surface area (Å²) < 4.78 is 56.5. The van der Waals surface area contributed by atoms with Crippen LogP contribution in [0, 0.1) is 0 Å². The van der Waals surface area contributed by atoms with E-state index in [9.17, 15) is 18.0 Å². The highest BCUT2D eigenvalue weighted by atomic mass is 32.2. The van der Waals surface area contributed by atoms with Crippen molar-refractivity contribution >= 4 is 22.1 Å². The van der Waals surface area contributed by atoms with Gasteiger partial charge >= 0.3 is 11.9 Å². The van der Waals surface area contributed by atoms with Crippen molar-refractivity contribution in [2.24, 2.45) is 0 Å². The SMILES string of the molecule is CC(=O)O[C@H]1C([C@@H](COC(=O)c2ccccc2)OS(C)(=O)=O)O[C@H]2OC(C)(C)O[C@H]21. The van der Waals surface area contributed by atoms with Gasteiger partial charge in [-0.1, -0.05) is 18.2 Å². The monoisotopic (exact) mass is 444 g/mol. The van der Waals surface area contributed by atoms with Gasteiger partial charge in [0, 0.05) is 6.92 Å². The Labute approximate surface area is 174 Å². The molecule has 2 aliphatic rings. The average molecular weight is 444 g/mol. The van der Waals surface area contributed by atoms with Gasteiger partial charge in [0.05, 0.1) is 11.8 Å². The van der Waals surface area contributed by atoms with E-state index in [0.29, 0.717) is 0 Å². The summed E-state index contributed by atoms with van der Waals surface area (Å²) in [6.07, 6.45) is -4.30. The maximum absolute atomic E-state index is 12.3. The molecule has 0 N–H and O–H groups in total. The molecule has 166 valence electrons. The van der Waals surface area contributed by atoms with E-state index in [1.807, 2.05) is 0 Å². The smallest absolute Gasteiger partial charge is 0.338 e. The summed E-state index contributed by atoms with van der Waals surface area (Å²) in [7, 11) is -3.97. The first-order chi connectivity index (χ1) is 14.0. The van der Waals surface area contributed by atoms with Crippen molar-refractivity contribution in [2.75, 3.05) is 12.9 Å². The molecule has 2 saturated heterocycles. The van der Waals surface area contributed by atoms with Gasteiger partial charge in [0.25, 0.3) is 10.1 Å². The first kappa shape index (κ1) is 22.6. The summed E-state index contributed by atoms with van der Waals surface area (Å²) in [6, 6.07) is 8.17. The van der Waals surface area contributed by atoms with Crippen LogP contribution in [0.2, 0.25) is 0 Å². The molecule has 0 amide bonds. The van der Waals surface area contributed by atoms with Crippen molar-refractivity contribution in [1.29, 1.82) is 0 Å². The molecule has 2 fully saturated rings. The van der Waals surface area contributed by atoms with Crippen LogP contribution in [0.5, 0.6) is 0 Å². The predicted octanol–water partition coefficient (Wildman–Crippen LogP) is 0.996. The molecule has 1 unspecified atom stereocenters. The van der Waals surface area contributed by atoms with E-state index < -0.39 is 65.2 Å². The number of hydrogen-bond donors (Lipinski definition) is 0. The van der Waals surface area contributed by atoms with Crippen LogP contribution in [-0.2, 0) is 42.8 Å². The largest absolute Gasteiger partial charge is 0.459 e. The van der Waals surface area contributed by atoms with Crippen LogP contribution in [0.3, 0.4) is 0 Å². The van der Waals surface area contributed by atoms with Crippen LogP contribution in [0.1, 0.15) is 31.1 Å². The summed E-state index contributed by atoms with van der Waals surface area (Å²) in [5.41, 5.74) is 0.282. The van der Waals surface area contributed by atoms with Crippen molar-refractivity contribution in [2.45, 2.75) is 57.3 Å². The molecule has 0 spiro atoms. The fraction of sp³-hybridized carbons (Fsp3) is 0.579. The van der Waals surface area contributed by atoms with E-state index in [-0.39, 0.29) is 5.56 Å². The Morgan fingerprint density at radius 1 is 1.17 bits per heavy atom. The molecule has 3 rings (SSSR count). The molecule has 11 heteroatoms. The minimum atomic E-state index is -3.97.